The summed E-state index contributed by atoms with van der Waals surface area (Å²) in [5.74, 6) is -14.1. The summed E-state index contributed by atoms with van der Waals surface area (Å²) in [6, 6.07) is -1.38. The Labute approximate surface area is 761 Å². The number of hydrogen-bond donors (Lipinski definition) is 18. The van der Waals surface area contributed by atoms with Crippen LogP contribution in [0.1, 0.15) is 91.2 Å². The van der Waals surface area contributed by atoms with Gasteiger partial charge in [0.15, 0.2) is 0 Å². The van der Waals surface area contributed by atoms with E-state index in [4.69, 9.17) is 64.6 Å². The van der Waals surface area contributed by atoms with Crippen LogP contribution in [0.25, 0.3) is 10.9 Å². The summed E-state index contributed by atoms with van der Waals surface area (Å²) in [5, 5.41) is 58.6. The number of benzene rings is 2. The summed E-state index contributed by atoms with van der Waals surface area (Å²) in [5.41, 5.74) is 17.0. The maximum absolute atomic E-state index is 15.4. The van der Waals surface area contributed by atoms with Crippen LogP contribution in [-0.2, 0) is 124 Å². The first-order valence-corrected chi connectivity index (χ1v) is 44.6. The third kappa shape index (κ3) is 40.8. The van der Waals surface area contributed by atoms with Crippen molar-refractivity contribution in [2.24, 2.45) is 35.0 Å². The number of H-pyrrole nitrogens is 1. The van der Waals surface area contributed by atoms with Crippen molar-refractivity contribution in [1.29, 1.82) is 0 Å². The highest BCUT2D eigenvalue weighted by Gasteiger charge is 2.39. The molecule has 0 aliphatic carbocycles. The van der Waals surface area contributed by atoms with Crippen LogP contribution in [0.15, 0.2) is 47.5 Å². The molecule has 12 atom stereocenters. The number of likely N-dealkylation sites (tertiary alicyclic amines) is 1. The largest absolute Gasteiger partial charge is 0.445 e. The fraction of sp³-hybridized carbons (Fsp3) is 0.651. The molecule has 1 fully saturated rings. The molecule has 0 bridgehead atoms. The van der Waals surface area contributed by atoms with Gasteiger partial charge in [0.05, 0.1) is 159 Å². The quantitative estimate of drug-likeness (QED) is 0.0236. The third-order valence-corrected chi connectivity index (χ3v) is 22.1. The molecule has 48 heteroatoms. The van der Waals surface area contributed by atoms with Gasteiger partial charge < -0.3 is 158 Å². The van der Waals surface area contributed by atoms with E-state index in [0.29, 0.717) is 71.4 Å². The van der Waals surface area contributed by atoms with Gasteiger partial charge in [0, 0.05) is 103 Å². The number of methoxy groups -OCH3 is 1. The lowest BCUT2D eigenvalue weighted by atomic mass is 9.94. The molecule has 5 rings (SSSR count). The molecule has 2 aromatic carbocycles. The van der Waals surface area contributed by atoms with E-state index >= 15 is 4.21 Å². The number of nitrogens with two attached hydrogens (primary N) is 3. The number of hydrogen-bond acceptors (Lipinski definition) is 30. The molecular formula is C83H132N18O29S. The summed E-state index contributed by atoms with van der Waals surface area (Å²) in [7, 11) is 0.334. The highest BCUT2D eigenvalue weighted by atomic mass is 32.2. The van der Waals surface area contributed by atoms with E-state index < -0.39 is 210 Å². The number of aliphatic hydroxyl groups is 3. The van der Waals surface area contributed by atoms with E-state index in [2.05, 4.69) is 63.5 Å². The Morgan fingerprint density at radius 3 is 1.89 bits per heavy atom. The van der Waals surface area contributed by atoms with Crippen molar-refractivity contribution in [3.63, 3.8) is 0 Å². The second-order valence-corrected chi connectivity index (χ2v) is 32.7. The van der Waals surface area contributed by atoms with Gasteiger partial charge >= 0.3 is 18.2 Å². The Balaban J connectivity index is 1.41. The van der Waals surface area contributed by atoms with Crippen molar-refractivity contribution >= 4 is 116 Å². The predicted octanol–water partition coefficient (Wildman–Crippen LogP) is -4.79. The van der Waals surface area contributed by atoms with Crippen molar-refractivity contribution in [3.8, 4) is 5.75 Å². The van der Waals surface area contributed by atoms with Crippen molar-refractivity contribution in [1.82, 2.24) is 72.9 Å². The van der Waals surface area contributed by atoms with Crippen LogP contribution in [0.3, 0.4) is 0 Å². The number of β-amino-alcohol motifs (C(OH)–C–C–N with tert-alkyl or cyclic N) is 1. The molecule has 734 valence electrons. The van der Waals surface area contributed by atoms with Gasteiger partial charge in [0.1, 0.15) is 59.7 Å². The number of fused-ring (bicyclic) bond motifs is 3. The molecule has 1 unspecified atom stereocenters. The lowest BCUT2D eigenvalue weighted by Gasteiger charge is -2.29. The van der Waals surface area contributed by atoms with Gasteiger partial charge in [-0.25, -0.2) is 14.4 Å². The van der Waals surface area contributed by atoms with Gasteiger partial charge in [-0.3, -0.25) is 61.7 Å². The Hall–Kier alpha value is -10.9. The number of likely N-dealkylation sites (N-methyl/N-ethyl adjacent to an activating group) is 1. The van der Waals surface area contributed by atoms with Crippen LogP contribution in [0, 0.1) is 17.8 Å². The lowest BCUT2D eigenvalue weighted by Crippen LogP contribution is -2.59. The predicted molar refractivity (Wildman–Crippen MR) is 470 cm³/mol. The maximum atomic E-state index is 15.4. The molecule has 131 heavy (non-hydrogen) atoms. The molecule has 0 saturated carbocycles. The van der Waals surface area contributed by atoms with Crippen molar-refractivity contribution in [2.75, 3.05) is 190 Å². The molecule has 0 radical (unpaired) electrons. The fourth-order valence-corrected chi connectivity index (χ4v) is 14.5. The molecule has 21 N–H and O–H groups in total. The Bertz CT molecular complexity index is 4210. The smallest absolute Gasteiger partial charge is 0.415 e. The van der Waals surface area contributed by atoms with Crippen LogP contribution in [0.2, 0.25) is 0 Å². The minimum atomic E-state index is -2.61. The number of aliphatic hydroxyl groups excluding tert-OH is 3. The van der Waals surface area contributed by atoms with Crippen LogP contribution in [0.4, 0.5) is 20.1 Å². The molecule has 3 aromatic rings. The van der Waals surface area contributed by atoms with Gasteiger partial charge in [0.2, 0.25) is 70.9 Å². The van der Waals surface area contributed by atoms with Crippen molar-refractivity contribution < 1.29 is 139 Å². The van der Waals surface area contributed by atoms with Crippen molar-refractivity contribution in [2.45, 2.75) is 153 Å². The van der Waals surface area contributed by atoms with E-state index in [1.807, 2.05) is 0 Å². The molecule has 16 amide bonds. The Morgan fingerprint density at radius 1 is 0.695 bits per heavy atom. The third-order valence-electron chi connectivity index (χ3n) is 20.7. The number of aromatic amines is 1. The second kappa shape index (κ2) is 60.2. The first-order chi connectivity index (χ1) is 62.6. The number of anilines is 1. The molecular weight excluding hydrogens is 1750 g/mol. The van der Waals surface area contributed by atoms with Gasteiger partial charge in [0.25, 0.3) is 0 Å². The Morgan fingerprint density at radius 2 is 1.31 bits per heavy atom. The topological polar surface area (TPSA) is 662 Å². The summed E-state index contributed by atoms with van der Waals surface area (Å²) in [6.45, 7) is 10.1. The number of carbonyl (C=O) groups is 15. The average Bonchev–Trinajstić information content (AvgIpc) is 1.63. The summed E-state index contributed by atoms with van der Waals surface area (Å²) in [4.78, 5) is 212. The summed E-state index contributed by atoms with van der Waals surface area (Å²) in [6.07, 6.45) is -5.28. The monoisotopic (exact) mass is 1880 g/mol. The SMILES string of the molecule is CC[C@H](C)[C@@H]1NC(=O)CNC(=O)[C@H](NC(=O)[C@@H](NC(C)=O)[C@@H](C)[C@@H](O)CO)Cc2c([nH]c3cc(OC(=O)N(C)CCN(CCOCCOCCOCCN)C(=O)OCc4ccc(NC(=O)[C@H](CCCNC(N)=O)NC(=O)[C@@H](NC(=O)CCOCCOCCOCCOCCOC)C(C)C)cc4)ccc23)S(=O)C[C@@H](C(=O)N[C@@H](CC(N)=O)C(=O)N2CC[C@@H](O)C2)NC(=O)CNC1=O. The number of aromatic nitrogens is 1. The number of urea groups is 1. The summed E-state index contributed by atoms with van der Waals surface area (Å²) < 4.78 is 70.6. The highest BCUT2D eigenvalue weighted by Crippen LogP contribution is 2.31. The minimum Gasteiger partial charge on any atom is -0.445 e. The first kappa shape index (κ1) is 111. The first-order valence-electron chi connectivity index (χ1n) is 43.3. The molecule has 0 spiro atoms. The fourth-order valence-electron chi connectivity index (χ4n) is 13.1. The van der Waals surface area contributed by atoms with Gasteiger partial charge in [-0.2, -0.15) is 0 Å². The lowest BCUT2D eigenvalue weighted by molar-refractivity contribution is -0.138. The normalized spacial score (nSPS) is 17.9. The number of carbonyl (C=O) groups excluding carboxylic acids is 15. The zero-order valence-corrected chi connectivity index (χ0v) is 76.3. The van der Waals surface area contributed by atoms with E-state index in [1.54, 1.807) is 46.9 Å². The van der Waals surface area contributed by atoms with Crippen LogP contribution < -0.4 is 80.4 Å². The maximum Gasteiger partial charge on any atom is 0.415 e. The van der Waals surface area contributed by atoms with E-state index in [0.717, 1.165) is 11.8 Å². The zero-order chi connectivity index (χ0) is 96.5. The number of amides is 16. The van der Waals surface area contributed by atoms with E-state index in [-0.39, 0.29) is 151 Å². The summed E-state index contributed by atoms with van der Waals surface area (Å²) >= 11 is 0. The minimum absolute atomic E-state index is 0.0103. The average molecular weight is 1880 g/mol. The number of nitrogens with one attached hydrogen (secondary N) is 12. The van der Waals surface area contributed by atoms with Crippen LogP contribution in [-0.4, -0.2) is 367 Å². The second-order valence-electron chi connectivity index (χ2n) is 31.3. The number of nitrogens with zero attached hydrogens (tertiary/aromatic N) is 3. The van der Waals surface area contributed by atoms with Gasteiger partial charge in [-0.1, -0.05) is 53.2 Å². The standard InChI is InChI=1S/C83H132N18O29S/c1-9-51(4)71-76(113)89-44-68(108)92-64(75(112)95-63(43-66(85)106)80(116)101-22-18-56(104)46-101)49-131(120)79-59(42-62(73(110)88-45-69(109)98-71)94-78(115)72(90-53(6)103)52(5)65(105)47-102)58-17-16-57(41-61(58)96-79)130-82(118)99(7)23-24-100(25-28-124-33-36-127-35-32-123-27-20-84)83(119)129-48-54-12-14-55(15-13-54)91-74(111)60(11-10-21-87-81(86)117)93-77(114)70(50(2)3)97-67(107)19-26-122-31-34-126-39-40-128-38-37-125-30-29-121-8/h12-17,41,50-52,56,60,62-65,70-72,96,102,104-105H,9-11,18-40,42-49,84H2,1-8H3,(H2,85,106)(H,88,110)(H,89,113)(H,90,103)(H,91,111)(H,92,108)(H,93,114)(H,94,115)(H,95,112)(H,97,107)(H,98,109)(H3,86,87,117)/t51-,52-,56+,60-,62+,63-,64-,65-,70-,71-,72-,131?/m0/s1. The van der Waals surface area contributed by atoms with E-state index in [9.17, 15) is 87.2 Å². The van der Waals surface area contributed by atoms with Crippen LogP contribution >= 0.6 is 0 Å². The van der Waals surface area contributed by atoms with Gasteiger partial charge in [-0.15, -0.1) is 0 Å². The van der Waals surface area contributed by atoms with E-state index in [1.165, 1.54) is 54.1 Å². The molecule has 2 aliphatic rings. The Kier molecular flexibility index (Phi) is 50.8. The van der Waals surface area contributed by atoms with Crippen molar-refractivity contribution in [3.05, 3.63) is 53.6 Å². The number of primary amides is 2. The number of ether oxygens (including phenoxy) is 10. The molecule has 1 saturated heterocycles. The van der Waals surface area contributed by atoms with Crippen LogP contribution in [0.5, 0.6) is 5.75 Å². The molecule has 47 nitrogen and oxygen atoms in total. The van der Waals surface area contributed by atoms with Gasteiger partial charge in [-0.05, 0) is 66.5 Å². The molecule has 2 aliphatic heterocycles. The zero-order valence-electron chi connectivity index (χ0n) is 75.4. The molecule has 1 aromatic heterocycles. The molecule has 3 heterocycles. The highest BCUT2D eigenvalue weighted by molar-refractivity contribution is 7.85. The number of rotatable bonds is 55.